The predicted molar refractivity (Wildman–Crippen MR) is 236 cm³/mol. The molecule has 2 aromatic rings. The third-order valence-electron chi connectivity index (χ3n) is 13.9. The molecule has 16 heteroatoms. The van der Waals surface area contributed by atoms with Crippen LogP contribution >= 0.6 is 11.8 Å². The lowest BCUT2D eigenvalue weighted by molar-refractivity contribution is -0.142. The fourth-order valence-corrected chi connectivity index (χ4v) is 12.6. The van der Waals surface area contributed by atoms with Crippen molar-refractivity contribution in [3.05, 3.63) is 36.4 Å². The lowest BCUT2D eigenvalue weighted by atomic mass is 9.83. The highest BCUT2D eigenvalue weighted by atomic mass is 32.2. The Kier molecular flexibility index (Phi) is 13.1. The molecule has 0 unspecified atom stereocenters. The number of aromatic nitrogens is 1. The molecule has 4 amide bonds. The Bertz CT molecular complexity index is 2170. The van der Waals surface area contributed by atoms with Crippen LogP contribution < -0.4 is 24.8 Å². The molecule has 1 aromatic heterocycles. The van der Waals surface area contributed by atoms with Crippen molar-refractivity contribution >= 4 is 56.5 Å². The van der Waals surface area contributed by atoms with E-state index in [1.165, 1.54) is 24.2 Å². The number of sulfonamides is 1. The molecule has 5 fully saturated rings. The van der Waals surface area contributed by atoms with Crippen molar-refractivity contribution in [2.24, 2.45) is 17.3 Å². The third kappa shape index (κ3) is 9.85. The van der Waals surface area contributed by atoms with E-state index < -0.39 is 68.7 Å². The minimum atomic E-state index is -3.91. The highest BCUT2D eigenvalue weighted by Gasteiger charge is 2.62. The Morgan fingerprint density at radius 1 is 1.02 bits per heavy atom. The van der Waals surface area contributed by atoms with Crippen molar-refractivity contribution in [1.82, 2.24) is 25.2 Å². The van der Waals surface area contributed by atoms with E-state index in [1.54, 1.807) is 24.9 Å². The van der Waals surface area contributed by atoms with Gasteiger partial charge in [-0.15, -0.1) is 18.3 Å². The first-order valence-corrected chi connectivity index (χ1v) is 25.2. The van der Waals surface area contributed by atoms with Crippen molar-refractivity contribution in [3.8, 4) is 11.5 Å². The molecule has 4 bridgehead atoms. The maximum absolute atomic E-state index is 15.1. The van der Waals surface area contributed by atoms with Gasteiger partial charge < -0.3 is 29.7 Å². The van der Waals surface area contributed by atoms with Gasteiger partial charge in [0.1, 0.15) is 40.3 Å². The van der Waals surface area contributed by atoms with Crippen LogP contribution in [-0.2, 0) is 35.6 Å². The van der Waals surface area contributed by atoms with Crippen molar-refractivity contribution in [1.29, 1.82) is 0 Å². The van der Waals surface area contributed by atoms with Crippen LogP contribution in [0.4, 0.5) is 4.79 Å². The number of hydrogen-bond donors (Lipinski definition) is 3. The molecule has 0 spiro atoms. The molecule has 8 rings (SSSR count). The standard InChI is InChI=1S/C46H63N5O9S2/c1-5-30-25-46(30,43(54)50-62(56,57)33-18-19-33)49-41(52)36-22-31-26-51(36)42(53)40(28-13-8-6-9-14-28)48-44(55)59-27-45(2,3)20-12-15-29-21-34-35(23-37(29)58-4)47-39(24-38(34)60-31)61-32-16-10-7-11-17-32/h5,21,23-24,28,30-33,36,40H,1,6-20,22,25-27H2,2-4H3,(H,48,55)(H,49,52)(H,50,54)/t30-,31-,36+,40+,46-/m1/s1. The minimum Gasteiger partial charge on any atom is -0.496 e. The number of nitrogens with zero attached hydrogens (tertiary/aromatic N) is 2. The van der Waals surface area contributed by atoms with Gasteiger partial charge in [0.15, 0.2) is 0 Å². The SMILES string of the molecule is C=C[C@@H]1C[C@]1(NC(=O)[C@@H]1C[C@@H]2CN1C(=O)[C@H](C1CCCCC1)NC(=O)OCC(C)(C)CCCc1cc3c(cc(SC4CCCCC4)nc3cc1OC)O2)C(=O)NS(=O)(=O)C1CC1. The van der Waals surface area contributed by atoms with E-state index in [9.17, 15) is 22.8 Å². The number of aryl methyl sites for hydroxylation is 1. The molecule has 14 nitrogen and oxygen atoms in total. The van der Waals surface area contributed by atoms with Crippen LogP contribution in [0.15, 0.2) is 35.9 Å². The molecule has 338 valence electrons. The van der Waals surface area contributed by atoms with Gasteiger partial charge >= 0.3 is 6.09 Å². The molecule has 62 heavy (non-hydrogen) atoms. The van der Waals surface area contributed by atoms with Gasteiger partial charge in [-0.1, -0.05) is 58.4 Å². The van der Waals surface area contributed by atoms with E-state index in [0.717, 1.165) is 85.0 Å². The molecule has 3 N–H and O–H groups in total. The molecule has 0 radical (unpaired) electrons. The molecule has 6 aliphatic rings. The van der Waals surface area contributed by atoms with Crippen molar-refractivity contribution in [2.45, 2.75) is 162 Å². The van der Waals surface area contributed by atoms with Gasteiger partial charge in [0.2, 0.25) is 21.8 Å². The number of cyclic esters (lactones) is 1. The smallest absolute Gasteiger partial charge is 0.407 e. The largest absolute Gasteiger partial charge is 0.496 e. The summed E-state index contributed by atoms with van der Waals surface area (Å²) in [5.41, 5.74) is -0.196. The Labute approximate surface area is 369 Å². The number of nitrogens with one attached hydrogen (secondary N) is 3. The number of carbonyl (C=O) groups is 4. The quantitative estimate of drug-likeness (QED) is 0.215. The zero-order chi connectivity index (χ0) is 43.8. The molecule has 3 heterocycles. The van der Waals surface area contributed by atoms with Crippen LogP contribution in [0.5, 0.6) is 11.5 Å². The molecule has 4 saturated carbocycles. The van der Waals surface area contributed by atoms with Crippen LogP contribution in [0, 0.1) is 17.3 Å². The summed E-state index contributed by atoms with van der Waals surface area (Å²) in [5, 5.41) is 7.27. The van der Waals surface area contributed by atoms with Gasteiger partial charge in [0.05, 0.1) is 31.0 Å². The fraction of sp³-hybridized carbons (Fsp3) is 0.674. The normalized spacial score (nSPS) is 28.8. The molecular weight excluding hydrogens is 831 g/mol. The number of pyridine rings is 1. The molecule has 2 aliphatic heterocycles. The second kappa shape index (κ2) is 18.2. The van der Waals surface area contributed by atoms with Gasteiger partial charge in [-0.05, 0) is 87.2 Å². The summed E-state index contributed by atoms with van der Waals surface area (Å²) in [4.78, 5) is 63.8. The van der Waals surface area contributed by atoms with E-state index in [-0.39, 0.29) is 37.3 Å². The van der Waals surface area contributed by atoms with E-state index in [4.69, 9.17) is 19.2 Å². The molecule has 1 aromatic carbocycles. The van der Waals surface area contributed by atoms with E-state index in [1.807, 2.05) is 12.1 Å². The maximum Gasteiger partial charge on any atom is 0.407 e. The van der Waals surface area contributed by atoms with Gasteiger partial charge in [0, 0.05) is 35.1 Å². The fourth-order valence-electron chi connectivity index (χ4n) is 10.0. The monoisotopic (exact) mass is 893 g/mol. The van der Waals surface area contributed by atoms with Crippen LogP contribution in [0.25, 0.3) is 10.9 Å². The van der Waals surface area contributed by atoms with Gasteiger partial charge in [-0.3, -0.25) is 19.1 Å². The van der Waals surface area contributed by atoms with Crippen molar-refractivity contribution in [2.75, 3.05) is 20.3 Å². The van der Waals surface area contributed by atoms with Gasteiger partial charge in [-0.2, -0.15) is 0 Å². The number of methoxy groups -OCH3 is 1. The van der Waals surface area contributed by atoms with Gasteiger partial charge in [0.25, 0.3) is 5.91 Å². The Balaban J connectivity index is 1.17. The summed E-state index contributed by atoms with van der Waals surface area (Å²) in [6.07, 6.45) is 13.7. The van der Waals surface area contributed by atoms with Crippen LogP contribution in [0.2, 0.25) is 0 Å². The number of thioether (sulfide) groups is 1. The van der Waals surface area contributed by atoms with Crippen molar-refractivity contribution in [3.63, 3.8) is 0 Å². The molecule has 5 atom stereocenters. The third-order valence-corrected chi connectivity index (χ3v) is 17.0. The predicted octanol–water partition coefficient (Wildman–Crippen LogP) is 6.72. The summed E-state index contributed by atoms with van der Waals surface area (Å²) in [7, 11) is -2.25. The second-order valence-corrected chi connectivity index (χ2v) is 22.6. The first kappa shape index (κ1) is 44.6. The number of rotatable bonds is 10. The topological polar surface area (TPSA) is 182 Å². The second-order valence-electron chi connectivity index (χ2n) is 19.3. The number of benzene rings is 1. The Morgan fingerprint density at radius 2 is 1.74 bits per heavy atom. The van der Waals surface area contributed by atoms with E-state index in [2.05, 4.69) is 41.8 Å². The Morgan fingerprint density at radius 3 is 2.42 bits per heavy atom. The van der Waals surface area contributed by atoms with E-state index >= 15 is 4.79 Å². The number of amides is 4. The summed E-state index contributed by atoms with van der Waals surface area (Å²) < 4.78 is 46.7. The average Bonchev–Trinajstić information content (AvgIpc) is 4.19. The zero-order valence-electron chi connectivity index (χ0n) is 36.4. The average molecular weight is 894 g/mol. The first-order valence-electron chi connectivity index (χ1n) is 22.8. The molecule has 1 saturated heterocycles. The van der Waals surface area contributed by atoms with Crippen LogP contribution in [-0.4, -0.2) is 96.6 Å². The minimum absolute atomic E-state index is 0.0297. The van der Waals surface area contributed by atoms with Crippen molar-refractivity contribution < 1.29 is 41.8 Å². The number of carbonyl (C=O) groups excluding carboxylic acids is 4. The highest BCUT2D eigenvalue weighted by Crippen LogP contribution is 2.46. The summed E-state index contributed by atoms with van der Waals surface area (Å²) in [5.74, 6) is -1.21. The van der Waals surface area contributed by atoms with Crippen LogP contribution in [0.3, 0.4) is 0 Å². The Hall–Kier alpha value is -4.05. The number of alkyl carbamates (subject to hydrolysis) is 1. The highest BCUT2D eigenvalue weighted by molar-refractivity contribution is 7.99. The number of ether oxygens (including phenoxy) is 3. The molecule has 4 aliphatic carbocycles. The van der Waals surface area contributed by atoms with Crippen LogP contribution in [0.1, 0.15) is 122 Å². The first-order chi connectivity index (χ1) is 29.7. The number of fused-ring (bicyclic) bond motifs is 3. The van der Waals surface area contributed by atoms with Gasteiger partial charge in [-0.25, -0.2) is 18.2 Å². The molecular formula is C46H63N5O9S2. The lowest BCUT2D eigenvalue weighted by Gasteiger charge is -2.35. The summed E-state index contributed by atoms with van der Waals surface area (Å²) >= 11 is 1.75. The summed E-state index contributed by atoms with van der Waals surface area (Å²) in [6.45, 7) is 8.13. The number of hydrogen-bond acceptors (Lipinski definition) is 11. The zero-order valence-corrected chi connectivity index (χ0v) is 38.0. The lowest BCUT2D eigenvalue weighted by Crippen LogP contribution is -2.59. The maximum atomic E-state index is 15.1. The van der Waals surface area contributed by atoms with E-state index in [0.29, 0.717) is 30.3 Å². The summed E-state index contributed by atoms with van der Waals surface area (Å²) in [6, 6.07) is 3.96.